The van der Waals surface area contributed by atoms with E-state index in [-0.39, 0.29) is 10.9 Å². The molecule has 22 heteroatoms. The van der Waals surface area contributed by atoms with Crippen LogP contribution in [0, 0.1) is 137 Å². The zero-order chi connectivity index (χ0) is 46.8. The lowest BCUT2D eigenvalue weighted by molar-refractivity contribution is 0.378. The summed E-state index contributed by atoms with van der Waals surface area (Å²) in [5.41, 5.74) is -10.1. The molecule has 0 aliphatic carbocycles. The van der Waals surface area contributed by atoms with Crippen molar-refractivity contribution in [3.8, 4) is 0 Å². The number of halogens is 20. The zero-order valence-corrected chi connectivity index (χ0v) is 31.9. The highest BCUT2D eigenvalue weighted by Crippen LogP contribution is 2.32. The van der Waals surface area contributed by atoms with Crippen molar-refractivity contribution in [2.75, 3.05) is 6.26 Å². The maximum atomic E-state index is 15.4. The molecule has 6 rings (SSSR count). The molecule has 6 aromatic carbocycles. The van der Waals surface area contributed by atoms with Crippen LogP contribution in [0.5, 0.6) is 0 Å². The molecule has 0 saturated heterocycles. The number of aryl methyl sites for hydroxylation is 3. The Morgan fingerprint density at radius 1 is 0.323 bits per heavy atom. The van der Waals surface area contributed by atoms with Crippen molar-refractivity contribution in [3.63, 3.8) is 0 Å². The molecule has 0 saturated carbocycles. The smallest absolute Gasteiger partial charge is 0.200 e. The molecule has 0 aliphatic heterocycles. The normalized spacial score (nSPS) is 12.1. The van der Waals surface area contributed by atoms with Gasteiger partial charge in [-0.25, -0.2) is 87.8 Å². The molecule has 1 unspecified atom stereocenters. The molecule has 0 aromatic heterocycles. The van der Waals surface area contributed by atoms with Gasteiger partial charge >= 0.3 is 0 Å². The van der Waals surface area contributed by atoms with Crippen LogP contribution in [0.1, 0.15) is 16.7 Å². The highest BCUT2D eigenvalue weighted by atomic mass is 32.2. The van der Waals surface area contributed by atoms with Crippen molar-refractivity contribution in [1.29, 1.82) is 0 Å². The van der Waals surface area contributed by atoms with Gasteiger partial charge in [-0.3, -0.25) is 0 Å². The maximum absolute atomic E-state index is 15.4. The molecule has 0 N–H and O–H groups in total. The third-order valence-corrected chi connectivity index (χ3v) is 12.0. The Labute approximate surface area is 338 Å². The first-order chi connectivity index (χ1) is 28.8. The third kappa shape index (κ3) is 7.22. The first kappa shape index (κ1) is 47.4. The first-order valence-electron chi connectivity index (χ1n) is 16.8. The van der Waals surface area contributed by atoms with Crippen LogP contribution < -0.4 is 21.9 Å². The predicted molar refractivity (Wildman–Crippen MR) is 186 cm³/mol. The van der Waals surface area contributed by atoms with E-state index in [1.807, 2.05) is 0 Å². The standard InChI is InChI=1S/C24BF20.C16H19S/c26-5-1(6(27)14(35)21(42)13(5)34)25(2-7(28)15(36)22(43)16(37)8(2)29,3-9(30)17(38)23(44)18(39)10(3)31)4-11(32)19(40)24(45)20(41)12(4)33;1-12-10-13(2)16(14(3)11-12)17(4)15-8-6-5-7-9-15/h;5-11H,1-4H3/q-1;+1. The van der Waals surface area contributed by atoms with Gasteiger partial charge in [0, 0.05) is 11.1 Å². The summed E-state index contributed by atoms with van der Waals surface area (Å²) in [7, 11) is 0.172. The van der Waals surface area contributed by atoms with E-state index in [0.29, 0.717) is 0 Å². The molecule has 0 spiro atoms. The second-order valence-corrected chi connectivity index (χ2v) is 15.3. The molecule has 0 heterocycles. The predicted octanol–water partition coefficient (Wildman–Crippen LogP) is 10.1. The molecule has 1 atom stereocenters. The van der Waals surface area contributed by atoms with E-state index in [4.69, 9.17) is 0 Å². The third-order valence-electron chi connectivity index (χ3n) is 9.71. The molecule has 0 nitrogen and oxygen atoms in total. The van der Waals surface area contributed by atoms with Gasteiger partial charge in [0.15, 0.2) is 79.6 Å². The van der Waals surface area contributed by atoms with Gasteiger partial charge in [0.2, 0.25) is 0 Å². The van der Waals surface area contributed by atoms with E-state index in [2.05, 4.69) is 69.5 Å². The van der Waals surface area contributed by atoms with E-state index in [1.165, 1.54) is 26.5 Å². The average Bonchev–Trinajstić information content (AvgIpc) is 3.23. The summed E-state index contributed by atoms with van der Waals surface area (Å²) >= 11 is 0. The fourth-order valence-electron chi connectivity index (χ4n) is 7.27. The lowest BCUT2D eigenvalue weighted by atomic mass is 9.12. The molecular formula is C40H19BF20S. The van der Waals surface area contributed by atoms with Crippen molar-refractivity contribution < 1.29 is 87.8 Å². The second-order valence-electron chi connectivity index (χ2n) is 13.4. The SMILES string of the molecule is Cc1cc(C)c([S+](C)c2ccccc2)c(C)c1.Fc1c(F)c(F)c([B-](c2c(F)c(F)c(F)c(F)c2F)(c2c(F)c(F)c(F)c(F)c2F)c2c(F)c(F)c(F)c(F)c2F)c(F)c1F. The Kier molecular flexibility index (Phi) is 13.2. The van der Waals surface area contributed by atoms with Gasteiger partial charge in [0.05, 0.1) is 10.9 Å². The summed E-state index contributed by atoms with van der Waals surface area (Å²) in [5, 5.41) is 0. The summed E-state index contributed by atoms with van der Waals surface area (Å²) in [6.07, 6.45) is -4.90. The molecule has 0 bridgehead atoms. The molecular weight excluding hydrogens is 903 g/mol. The summed E-state index contributed by atoms with van der Waals surface area (Å²) in [6, 6.07) is 15.3. The lowest BCUT2D eigenvalue weighted by Gasteiger charge is -2.44. The maximum Gasteiger partial charge on any atom is 0.200 e. The van der Waals surface area contributed by atoms with E-state index < -0.39 is 144 Å². The van der Waals surface area contributed by atoms with Crippen LogP contribution >= 0.6 is 0 Å². The van der Waals surface area contributed by atoms with Crippen molar-refractivity contribution in [1.82, 2.24) is 0 Å². The Morgan fingerprint density at radius 2 is 0.532 bits per heavy atom. The molecule has 62 heavy (non-hydrogen) atoms. The van der Waals surface area contributed by atoms with Crippen LogP contribution in [0.15, 0.2) is 52.3 Å². The zero-order valence-electron chi connectivity index (χ0n) is 31.1. The highest BCUT2D eigenvalue weighted by Gasteiger charge is 2.52. The van der Waals surface area contributed by atoms with Crippen molar-refractivity contribution in [2.45, 2.75) is 30.6 Å². The Morgan fingerprint density at radius 3 is 0.758 bits per heavy atom. The van der Waals surface area contributed by atoms with Crippen molar-refractivity contribution in [2.24, 2.45) is 0 Å². The fraction of sp³-hybridized carbons (Fsp3) is 0.100. The van der Waals surface area contributed by atoms with E-state index >= 15 is 35.1 Å². The molecule has 0 amide bonds. The summed E-state index contributed by atoms with van der Waals surface area (Å²) in [4.78, 5) is 2.92. The first-order valence-corrected chi connectivity index (χ1v) is 18.4. The fourth-order valence-corrected chi connectivity index (χ4v) is 9.15. The monoisotopic (exact) mass is 922 g/mol. The largest absolute Gasteiger partial charge is 0.207 e. The van der Waals surface area contributed by atoms with Gasteiger partial charge in [0.1, 0.15) is 58.9 Å². The van der Waals surface area contributed by atoms with E-state index in [0.717, 1.165) is 0 Å². The Bertz CT molecular complexity index is 2390. The van der Waals surface area contributed by atoms with Gasteiger partial charge in [-0.05, 0) is 32.9 Å². The number of hydrogen-bond donors (Lipinski definition) is 0. The number of hydrogen-bond acceptors (Lipinski definition) is 0. The molecule has 328 valence electrons. The van der Waals surface area contributed by atoms with Crippen LogP contribution in [0.3, 0.4) is 0 Å². The number of rotatable bonds is 6. The second kappa shape index (κ2) is 17.2. The average molecular weight is 922 g/mol. The minimum absolute atomic E-state index is 0.172. The van der Waals surface area contributed by atoms with Gasteiger partial charge in [-0.1, -0.05) is 35.9 Å². The highest BCUT2D eigenvalue weighted by molar-refractivity contribution is 7.96. The lowest BCUT2D eigenvalue weighted by Crippen LogP contribution is -2.81. The van der Waals surface area contributed by atoms with E-state index in [9.17, 15) is 52.7 Å². The van der Waals surface area contributed by atoms with Crippen molar-refractivity contribution >= 4 is 38.9 Å². The number of benzene rings is 6. The van der Waals surface area contributed by atoms with Crippen LogP contribution in [-0.4, -0.2) is 12.4 Å². The molecule has 0 fully saturated rings. The Hall–Kier alpha value is -5.67. The summed E-state index contributed by atoms with van der Waals surface area (Å²) in [6.45, 7) is 6.61. The quantitative estimate of drug-likeness (QED) is 0.0514. The topological polar surface area (TPSA) is 0 Å². The van der Waals surface area contributed by atoms with E-state index in [1.54, 1.807) is 0 Å². The van der Waals surface area contributed by atoms with Crippen LogP contribution in [0.4, 0.5) is 87.8 Å². The van der Waals surface area contributed by atoms with Gasteiger partial charge in [0.25, 0.3) is 0 Å². The van der Waals surface area contributed by atoms with Crippen molar-refractivity contribution in [3.05, 3.63) is 175 Å². The molecule has 0 aliphatic rings. The van der Waals surface area contributed by atoms with Gasteiger partial charge in [-0.2, -0.15) is 0 Å². The Balaban J connectivity index is 0.000000355. The summed E-state index contributed by atoms with van der Waals surface area (Å²) in [5.74, 6) is -71.4. The van der Waals surface area contributed by atoms with Crippen LogP contribution in [0.25, 0.3) is 0 Å². The van der Waals surface area contributed by atoms with Gasteiger partial charge < -0.3 is 0 Å². The van der Waals surface area contributed by atoms with Gasteiger partial charge in [-0.15, -0.1) is 21.9 Å². The summed E-state index contributed by atoms with van der Waals surface area (Å²) < 4.78 is 294. The van der Waals surface area contributed by atoms with Crippen LogP contribution in [0.2, 0.25) is 0 Å². The molecule has 6 aromatic rings. The minimum atomic E-state index is -7.22. The van der Waals surface area contributed by atoms with Crippen LogP contribution in [-0.2, 0) is 10.9 Å². The molecule has 0 radical (unpaired) electrons. The minimum Gasteiger partial charge on any atom is -0.207 e.